The highest BCUT2D eigenvalue weighted by molar-refractivity contribution is 6.39. The fourth-order valence-electron chi connectivity index (χ4n) is 1.38. The fourth-order valence-corrected chi connectivity index (χ4v) is 1.38. The molecule has 1 aromatic carbocycles. The van der Waals surface area contributed by atoms with Gasteiger partial charge < -0.3 is 15.7 Å². The molecule has 1 unspecified atom stereocenters. The maximum absolute atomic E-state index is 13.4. The monoisotopic (exact) mass is 318 g/mol. The number of carbonyl (C=O) groups excluding carboxylic acids is 2. The zero-order valence-corrected chi connectivity index (χ0v) is 12.3. The van der Waals surface area contributed by atoms with E-state index in [1.807, 2.05) is 5.32 Å². The van der Waals surface area contributed by atoms with E-state index in [-0.39, 0.29) is 6.54 Å². The minimum absolute atomic E-state index is 0.185. The molecular formula is C14H17F3N2O3. The van der Waals surface area contributed by atoms with E-state index in [0.717, 1.165) is 6.07 Å². The first-order chi connectivity index (χ1) is 10.0. The van der Waals surface area contributed by atoms with Crippen LogP contribution in [0.1, 0.15) is 20.8 Å². The van der Waals surface area contributed by atoms with Gasteiger partial charge in [-0.25, -0.2) is 13.2 Å². The molecule has 0 fully saturated rings. The topological polar surface area (TPSA) is 78.4 Å². The Labute approximate surface area is 125 Å². The summed E-state index contributed by atoms with van der Waals surface area (Å²) in [4.78, 5) is 23.1. The van der Waals surface area contributed by atoms with Crippen LogP contribution in [0.15, 0.2) is 12.1 Å². The van der Waals surface area contributed by atoms with E-state index in [9.17, 15) is 27.9 Å². The molecule has 1 atom stereocenters. The summed E-state index contributed by atoms with van der Waals surface area (Å²) >= 11 is 0. The van der Waals surface area contributed by atoms with E-state index in [4.69, 9.17) is 0 Å². The van der Waals surface area contributed by atoms with Crippen molar-refractivity contribution in [3.05, 3.63) is 29.6 Å². The Kier molecular flexibility index (Phi) is 5.54. The Balaban J connectivity index is 2.66. The lowest BCUT2D eigenvalue weighted by Gasteiger charge is -2.25. The van der Waals surface area contributed by atoms with Gasteiger partial charge in [-0.05, 0) is 17.5 Å². The SMILES string of the molecule is CC(C)(C)C(O)CNC(=O)C(=O)Nc1ccc(F)c(F)c1F. The summed E-state index contributed by atoms with van der Waals surface area (Å²) in [6.45, 7) is 5.03. The predicted molar refractivity (Wildman–Crippen MR) is 73.4 cm³/mol. The minimum atomic E-state index is -1.75. The lowest BCUT2D eigenvalue weighted by atomic mass is 9.89. The number of amides is 2. The average molecular weight is 318 g/mol. The van der Waals surface area contributed by atoms with Crippen molar-refractivity contribution in [2.45, 2.75) is 26.9 Å². The van der Waals surface area contributed by atoms with Gasteiger partial charge >= 0.3 is 11.8 Å². The number of anilines is 1. The van der Waals surface area contributed by atoms with Gasteiger partial charge in [0.1, 0.15) is 0 Å². The Bertz CT molecular complexity index is 585. The van der Waals surface area contributed by atoms with Crippen molar-refractivity contribution < 1.29 is 27.9 Å². The zero-order valence-electron chi connectivity index (χ0n) is 12.3. The van der Waals surface area contributed by atoms with E-state index in [1.54, 1.807) is 20.8 Å². The first-order valence-corrected chi connectivity index (χ1v) is 6.44. The van der Waals surface area contributed by atoms with E-state index in [1.165, 1.54) is 0 Å². The number of aliphatic hydroxyl groups is 1. The number of halogens is 3. The van der Waals surface area contributed by atoms with Crippen molar-refractivity contribution in [3.8, 4) is 0 Å². The minimum Gasteiger partial charge on any atom is -0.391 e. The van der Waals surface area contributed by atoms with Gasteiger partial charge in [0.05, 0.1) is 11.8 Å². The van der Waals surface area contributed by atoms with E-state index >= 15 is 0 Å². The largest absolute Gasteiger partial charge is 0.391 e. The van der Waals surface area contributed by atoms with Gasteiger partial charge in [-0.1, -0.05) is 20.8 Å². The van der Waals surface area contributed by atoms with Crippen LogP contribution in [0.2, 0.25) is 0 Å². The van der Waals surface area contributed by atoms with Crippen LogP contribution >= 0.6 is 0 Å². The molecule has 3 N–H and O–H groups in total. The van der Waals surface area contributed by atoms with Gasteiger partial charge in [-0.15, -0.1) is 0 Å². The summed E-state index contributed by atoms with van der Waals surface area (Å²) in [5, 5.41) is 13.7. The summed E-state index contributed by atoms with van der Waals surface area (Å²) < 4.78 is 39.1. The fraction of sp³-hybridized carbons (Fsp3) is 0.429. The molecule has 0 spiro atoms. The smallest absolute Gasteiger partial charge is 0.313 e. The van der Waals surface area contributed by atoms with Crippen molar-refractivity contribution in [1.82, 2.24) is 5.32 Å². The second-order valence-electron chi connectivity index (χ2n) is 5.77. The molecule has 22 heavy (non-hydrogen) atoms. The zero-order chi connectivity index (χ0) is 17.1. The Hall–Kier alpha value is -2.09. The van der Waals surface area contributed by atoms with Gasteiger partial charge in [0.25, 0.3) is 0 Å². The average Bonchev–Trinajstić information content (AvgIpc) is 2.43. The molecule has 1 aromatic rings. The number of aliphatic hydroxyl groups excluding tert-OH is 1. The molecule has 0 radical (unpaired) electrons. The maximum atomic E-state index is 13.4. The van der Waals surface area contributed by atoms with E-state index in [2.05, 4.69) is 5.32 Å². The van der Waals surface area contributed by atoms with Crippen LogP contribution in [-0.4, -0.2) is 29.6 Å². The van der Waals surface area contributed by atoms with Crippen molar-refractivity contribution in [1.29, 1.82) is 0 Å². The van der Waals surface area contributed by atoms with Crippen molar-refractivity contribution in [2.75, 3.05) is 11.9 Å². The summed E-state index contributed by atoms with van der Waals surface area (Å²) in [7, 11) is 0. The number of hydrogen-bond acceptors (Lipinski definition) is 3. The lowest BCUT2D eigenvalue weighted by Crippen LogP contribution is -2.43. The molecule has 0 aromatic heterocycles. The third-order valence-corrected chi connectivity index (χ3v) is 2.95. The highest BCUT2D eigenvalue weighted by Crippen LogP contribution is 2.20. The molecule has 5 nitrogen and oxygen atoms in total. The number of nitrogens with one attached hydrogen (secondary N) is 2. The molecule has 0 aliphatic rings. The third kappa shape index (κ3) is 4.45. The molecule has 0 bridgehead atoms. The van der Waals surface area contributed by atoms with Crippen LogP contribution < -0.4 is 10.6 Å². The standard InChI is InChI=1S/C14H17F3N2O3/c1-14(2,3)9(20)6-18-12(21)13(22)19-8-5-4-7(15)10(16)11(8)17/h4-5,9,20H,6H2,1-3H3,(H,18,21)(H,19,22). The summed E-state index contributed by atoms with van der Waals surface area (Å²) in [6.07, 6.45) is -0.899. The Morgan fingerprint density at radius 3 is 2.27 bits per heavy atom. The second kappa shape index (κ2) is 6.78. The summed E-state index contributed by atoms with van der Waals surface area (Å²) in [6, 6.07) is 1.41. The van der Waals surface area contributed by atoms with Crippen molar-refractivity contribution in [3.63, 3.8) is 0 Å². The molecule has 122 valence electrons. The van der Waals surface area contributed by atoms with Crippen LogP contribution in [0, 0.1) is 22.9 Å². The molecule has 0 saturated carbocycles. The molecule has 0 heterocycles. The highest BCUT2D eigenvalue weighted by Gasteiger charge is 2.24. The summed E-state index contributed by atoms with van der Waals surface area (Å²) in [5.74, 6) is -7.15. The quantitative estimate of drug-likeness (QED) is 0.585. The molecule has 0 aliphatic heterocycles. The number of benzene rings is 1. The van der Waals surface area contributed by atoms with Gasteiger partial charge in [-0.3, -0.25) is 9.59 Å². The number of carbonyl (C=O) groups is 2. The highest BCUT2D eigenvalue weighted by atomic mass is 19.2. The van der Waals surface area contributed by atoms with Crippen molar-refractivity contribution in [2.24, 2.45) is 5.41 Å². The molecule has 0 aliphatic carbocycles. The number of hydrogen-bond donors (Lipinski definition) is 3. The second-order valence-corrected chi connectivity index (χ2v) is 5.77. The normalized spacial score (nSPS) is 12.7. The van der Waals surface area contributed by atoms with Gasteiger partial charge in [0, 0.05) is 6.54 Å². The van der Waals surface area contributed by atoms with Gasteiger partial charge in [-0.2, -0.15) is 0 Å². The van der Waals surface area contributed by atoms with Crippen molar-refractivity contribution >= 4 is 17.5 Å². The molecule has 0 saturated heterocycles. The van der Waals surface area contributed by atoms with E-state index in [0.29, 0.717) is 6.07 Å². The lowest BCUT2D eigenvalue weighted by molar-refractivity contribution is -0.136. The molecule has 1 rings (SSSR count). The Morgan fingerprint density at radius 1 is 1.14 bits per heavy atom. The van der Waals surface area contributed by atoms with Crippen LogP contribution in [0.5, 0.6) is 0 Å². The Morgan fingerprint density at radius 2 is 1.73 bits per heavy atom. The van der Waals surface area contributed by atoms with Gasteiger partial charge in [0.15, 0.2) is 17.5 Å². The molecule has 8 heteroatoms. The van der Waals surface area contributed by atoms with E-state index < -0.39 is 46.5 Å². The molecule has 2 amide bonds. The van der Waals surface area contributed by atoms with Crippen LogP contribution in [0.3, 0.4) is 0 Å². The third-order valence-electron chi connectivity index (χ3n) is 2.95. The maximum Gasteiger partial charge on any atom is 0.313 e. The van der Waals surface area contributed by atoms with Crippen LogP contribution in [0.25, 0.3) is 0 Å². The summed E-state index contributed by atoms with van der Waals surface area (Å²) in [5.41, 5.74) is -1.16. The number of rotatable bonds is 3. The molecular weight excluding hydrogens is 301 g/mol. The van der Waals surface area contributed by atoms with Gasteiger partial charge in [0.2, 0.25) is 0 Å². The predicted octanol–water partition coefficient (Wildman–Crippen LogP) is 1.57. The first kappa shape index (κ1) is 18.0. The van der Waals surface area contributed by atoms with Crippen LogP contribution in [0.4, 0.5) is 18.9 Å². The van der Waals surface area contributed by atoms with Crippen LogP contribution in [-0.2, 0) is 9.59 Å². The first-order valence-electron chi connectivity index (χ1n) is 6.44.